The number of aromatic nitrogens is 5. The molecule has 0 radical (unpaired) electrons. The van der Waals surface area contributed by atoms with E-state index in [0.29, 0.717) is 25.2 Å². The molecule has 0 aliphatic heterocycles. The minimum absolute atomic E-state index is 0.0171. The molecule has 4 rings (SSSR count). The zero-order valence-corrected chi connectivity index (χ0v) is 16.0. The number of aryl methyl sites for hydroxylation is 1. The number of rotatable bonds is 7. The lowest BCUT2D eigenvalue weighted by Crippen LogP contribution is -2.09. The van der Waals surface area contributed by atoms with Crippen molar-refractivity contribution in [1.82, 2.24) is 24.7 Å². The van der Waals surface area contributed by atoms with Gasteiger partial charge in [-0.15, -0.1) is 0 Å². The molecule has 0 amide bonds. The third-order valence-corrected chi connectivity index (χ3v) is 4.67. The van der Waals surface area contributed by atoms with Crippen LogP contribution in [0, 0.1) is 6.92 Å². The molecule has 0 aliphatic carbocycles. The molecule has 4 aromatic rings. The van der Waals surface area contributed by atoms with Gasteiger partial charge >= 0.3 is 0 Å². The average molecular weight is 377 g/mol. The molecule has 28 heavy (non-hydrogen) atoms. The van der Waals surface area contributed by atoms with Crippen LogP contribution >= 0.6 is 0 Å². The van der Waals surface area contributed by atoms with Crippen LogP contribution in [0.5, 0.6) is 5.75 Å². The molecular weight excluding hydrogens is 354 g/mol. The highest BCUT2D eigenvalue weighted by molar-refractivity contribution is 5.75. The van der Waals surface area contributed by atoms with Crippen molar-refractivity contribution in [2.24, 2.45) is 0 Å². The first-order valence-corrected chi connectivity index (χ1v) is 9.27. The van der Waals surface area contributed by atoms with Gasteiger partial charge in [-0.3, -0.25) is 0 Å². The van der Waals surface area contributed by atoms with E-state index in [1.807, 2.05) is 37.3 Å². The maximum absolute atomic E-state index is 9.41. The highest BCUT2D eigenvalue weighted by Crippen LogP contribution is 2.21. The lowest BCUT2D eigenvalue weighted by atomic mass is 10.1. The van der Waals surface area contributed by atoms with Gasteiger partial charge in [0.1, 0.15) is 17.4 Å². The lowest BCUT2D eigenvalue weighted by molar-refractivity contribution is 0.267. The minimum Gasteiger partial charge on any atom is -0.496 e. The Balaban J connectivity index is 1.62. The number of nitrogens with one attached hydrogen (secondary N) is 1. The van der Waals surface area contributed by atoms with Crippen molar-refractivity contribution in [2.75, 3.05) is 13.7 Å². The number of aliphatic hydroxyl groups excluding tert-OH is 1. The van der Waals surface area contributed by atoms with Gasteiger partial charge in [0.25, 0.3) is 0 Å². The molecular formula is C21H23N5O2. The molecule has 144 valence electrons. The first kappa shape index (κ1) is 18.2. The molecule has 0 unspecified atom stereocenters. The third kappa shape index (κ3) is 3.75. The van der Waals surface area contributed by atoms with Crippen LogP contribution in [-0.2, 0) is 19.4 Å². The van der Waals surface area contributed by atoms with E-state index < -0.39 is 0 Å². The summed E-state index contributed by atoms with van der Waals surface area (Å²) in [6.07, 6.45) is 1.21. The molecule has 0 saturated heterocycles. The van der Waals surface area contributed by atoms with Crippen LogP contribution in [0.25, 0.3) is 11.0 Å². The van der Waals surface area contributed by atoms with Crippen molar-refractivity contribution >= 4 is 11.0 Å². The summed E-state index contributed by atoms with van der Waals surface area (Å²) in [5.41, 5.74) is 4.12. The molecule has 2 aromatic carbocycles. The Morgan fingerprint density at radius 3 is 2.79 bits per heavy atom. The zero-order chi connectivity index (χ0) is 19.5. The summed E-state index contributed by atoms with van der Waals surface area (Å²) >= 11 is 0. The van der Waals surface area contributed by atoms with Gasteiger partial charge in [-0.2, -0.15) is 5.10 Å². The van der Waals surface area contributed by atoms with Crippen LogP contribution in [0.2, 0.25) is 0 Å². The van der Waals surface area contributed by atoms with Crippen molar-refractivity contribution in [3.8, 4) is 5.75 Å². The summed E-state index contributed by atoms with van der Waals surface area (Å²) in [5, 5.41) is 14.0. The quantitative estimate of drug-likeness (QED) is 0.517. The SMILES string of the molecule is COc1ccccc1Cc1nc(Cc2ccc3nc(C)[nH]c3c2)n(CCO)n1. The highest BCUT2D eigenvalue weighted by Gasteiger charge is 2.13. The summed E-state index contributed by atoms with van der Waals surface area (Å²) < 4.78 is 7.21. The van der Waals surface area contributed by atoms with Gasteiger partial charge in [0.15, 0.2) is 5.82 Å². The Bertz CT molecular complexity index is 1100. The van der Waals surface area contributed by atoms with E-state index in [0.717, 1.165) is 39.6 Å². The van der Waals surface area contributed by atoms with Crippen LogP contribution < -0.4 is 4.74 Å². The van der Waals surface area contributed by atoms with E-state index in [1.54, 1.807) is 11.8 Å². The van der Waals surface area contributed by atoms with Crippen LogP contribution in [0.1, 0.15) is 28.6 Å². The second kappa shape index (κ2) is 7.82. The smallest absolute Gasteiger partial charge is 0.155 e. The number of nitrogens with zero attached hydrogens (tertiary/aromatic N) is 4. The summed E-state index contributed by atoms with van der Waals surface area (Å²) in [7, 11) is 1.66. The van der Waals surface area contributed by atoms with Crippen molar-refractivity contribution in [1.29, 1.82) is 0 Å². The lowest BCUT2D eigenvalue weighted by Gasteiger charge is -2.05. The predicted molar refractivity (Wildman–Crippen MR) is 107 cm³/mol. The van der Waals surface area contributed by atoms with E-state index in [1.165, 1.54) is 0 Å². The molecule has 0 aliphatic rings. The van der Waals surface area contributed by atoms with Crippen LogP contribution in [0.3, 0.4) is 0 Å². The third-order valence-electron chi connectivity index (χ3n) is 4.67. The molecule has 0 atom stereocenters. The van der Waals surface area contributed by atoms with Crippen molar-refractivity contribution in [2.45, 2.75) is 26.3 Å². The second-order valence-electron chi connectivity index (χ2n) is 6.73. The average Bonchev–Trinajstić information content (AvgIpc) is 3.24. The number of hydrogen-bond donors (Lipinski definition) is 2. The summed E-state index contributed by atoms with van der Waals surface area (Å²) in [5.74, 6) is 3.26. The van der Waals surface area contributed by atoms with E-state index in [-0.39, 0.29) is 6.61 Å². The number of hydrogen-bond acceptors (Lipinski definition) is 5. The number of methoxy groups -OCH3 is 1. The Labute approximate surface area is 163 Å². The minimum atomic E-state index is 0.0171. The Morgan fingerprint density at radius 1 is 1.11 bits per heavy atom. The summed E-state index contributed by atoms with van der Waals surface area (Å²) in [4.78, 5) is 12.4. The largest absolute Gasteiger partial charge is 0.496 e. The van der Waals surface area contributed by atoms with Gasteiger partial charge in [-0.1, -0.05) is 24.3 Å². The number of benzene rings is 2. The standard InChI is InChI=1S/C21H23N5O2/c1-14-22-17-8-7-15(11-18(17)23-14)12-21-24-20(25-26(21)9-10-27)13-16-5-3-4-6-19(16)28-2/h3-8,11,27H,9-10,12-13H2,1-2H3,(H,22,23). The molecule has 0 bridgehead atoms. The van der Waals surface area contributed by atoms with Crippen LogP contribution in [0.15, 0.2) is 42.5 Å². The van der Waals surface area contributed by atoms with Gasteiger partial charge in [0, 0.05) is 18.4 Å². The van der Waals surface area contributed by atoms with Crippen LogP contribution in [0.4, 0.5) is 0 Å². The maximum Gasteiger partial charge on any atom is 0.155 e. The zero-order valence-electron chi connectivity index (χ0n) is 16.0. The number of aliphatic hydroxyl groups is 1. The second-order valence-corrected chi connectivity index (χ2v) is 6.73. The van der Waals surface area contributed by atoms with E-state index in [9.17, 15) is 5.11 Å². The Morgan fingerprint density at radius 2 is 1.96 bits per heavy atom. The Kier molecular flexibility index (Phi) is 5.08. The van der Waals surface area contributed by atoms with Gasteiger partial charge in [0.05, 0.1) is 31.3 Å². The van der Waals surface area contributed by atoms with Crippen molar-refractivity contribution in [3.63, 3.8) is 0 Å². The molecule has 2 N–H and O–H groups in total. The fourth-order valence-electron chi connectivity index (χ4n) is 3.40. The monoisotopic (exact) mass is 377 g/mol. The first-order chi connectivity index (χ1) is 13.7. The van der Waals surface area contributed by atoms with E-state index >= 15 is 0 Å². The summed E-state index contributed by atoms with van der Waals surface area (Å²) in [6, 6.07) is 14.0. The van der Waals surface area contributed by atoms with Gasteiger partial charge in [-0.05, 0) is 30.7 Å². The van der Waals surface area contributed by atoms with Gasteiger partial charge < -0.3 is 14.8 Å². The molecule has 2 heterocycles. The fraction of sp³-hybridized carbons (Fsp3) is 0.286. The number of H-pyrrole nitrogens is 1. The topological polar surface area (TPSA) is 88.9 Å². The van der Waals surface area contributed by atoms with Gasteiger partial charge in [-0.25, -0.2) is 14.6 Å². The molecule has 7 nitrogen and oxygen atoms in total. The Hall–Kier alpha value is -3.19. The molecule has 7 heteroatoms. The number of fused-ring (bicyclic) bond motifs is 1. The highest BCUT2D eigenvalue weighted by atomic mass is 16.5. The fourth-order valence-corrected chi connectivity index (χ4v) is 3.40. The first-order valence-electron chi connectivity index (χ1n) is 9.27. The molecule has 0 fully saturated rings. The number of aromatic amines is 1. The van der Waals surface area contributed by atoms with Crippen molar-refractivity contribution in [3.05, 3.63) is 71.1 Å². The molecule has 2 aromatic heterocycles. The number of ether oxygens (including phenoxy) is 1. The summed E-state index contributed by atoms with van der Waals surface area (Å²) in [6.45, 7) is 2.38. The number of para-hydroxylation sites is 1. The normalized spacial score (nSPS) is 11.2. The molecule has 0 spiro atoms. The van der Waals surface area contributed by atoms with E-state index in [4.69, 9.17) is 9.72 Å². The van der Waals surface area contributed by atoms with Crippen LogP contribution in [-0.4, -0.2) is 43.6 Å². The maximum atomic E-state index is 9.41. The van der Waals surface area contributed by atoms with E-state index in [2.05, 4.69) is 27.2 Å². The molecule has 0 saturated carbocycles. The van der Waals surface area contributed by atoms with Gasteiger partial charge in [0.2, 0.25) is 0 Å². The predicted octanol–water partition coefficient (Wildman–Crippen LogP) is 2.65. The number of imidazole rings is 1. The van der Waals surface area contributed by atoms with Crippen molar-refractivity contribution < 1.29 is 9.84 Å².